The Kier molecular flexibility index (Phi) is 5.49. The molecule has 0 saturated carbocycles. The Balaban J connectivity index is 1.56. The smallest absolute Gasteiger partial charge is 0.331 e. The van der Waals surface area contributed by atoms with Gasteiger partial charge in [-0.2, -0.15) is 0 Å². The molecule has 4 rings (SSSR count). The summed E-state index contributed by atoms with van der Waals surface area (Å²) in [5.41, 5.74) is 2.59. The number of fused-ring (bicyclic) bond motifs is 1. The van der Waals surface area contributed by atoms with Gasteiger partial charge in [0.2, 0.25) is 5.91 Å². The first-order chi connectivity index (χ1) is 14.1. The third-order valence-corrected chi connectivity index (χ3v) is 4.95. The number of carbonyl (C=O) groups excluding carboxylic acids is 2. The summed E-state index contributed by atoms with van der Waals surface area (Å²) < 4.78 is 5.25. The van der Waals surface area contributed by atoms with Crippen molar-refractivity contribution in [1.82, 2.24) is 5.32 Å². The van der Waals surface area contributed by atoms with Crippen molar-refractivity contribution < 1.29 is 14.3 Å². The summed E-state index contributed by atoms with van der Waals surface area (Å²) in [7, 11) is 0. The van der Waals surface area contributed by atoms with Crippen molar-refractivity contribution in [2.75, 3.05) is 18.0 Å². The number of hydrogen-bond donors (Lipinski definition) is 1. The molecule has 146 valence electrons. The van der Waals surface area contributed by atoms with Crippen molar-refractivity contribution in [3.63, 3.8) is 0 Å². The molecule has 0 atom stereocenters. The number of carbonyl (C=O) groups is 2. The van der Waals surface area contributed by atoms with Crippen LogP contribution in [0.2, 0.25) is 5.02 Å². The zero-order valence-corrected chi connectivity index (χ0v) is 16.3. The van der Waals surface area contributed by atoms with Gasteiger partial charge >= 0.3 is 5.97 Å². The third-order valence-electron chi connectivity index (χ3n) is 4.71. The van der Waals surface area contributed by atoms with Crippen LogP contribution in [0.4, 0.5) is 5.69 Å². The van der Waals surface area contributed by atoms with Crippen LogP contribution in [0.3, 0.4) is 0 Å². The van der Waals surface area contributed by atoms with Gasteiger partial charge in [-0.1, -0.05) is 72.3 Å². The molecule has 0 bridgehead atoms. The van der Waals surface area contributed by atoms with Crippen molar-refractivity contribution >= 4 is 29.2 Å². The molecule has 0 radical (unpaired) electrons. The van der Waals surface area contributed by atoms with Crippen LogP contribution >= 0.6 is 11.6 Å². The van der Waals surface area contributed by atoms with Crippen molar-refractivity contribution in [2.45, 2.75) is 6.04 Å². The Morgan fingerprint density at radius 3 is 2.24 bits per heavy atom. The number of anilines is 1. The maximum Gasteiger partial charge on any atom is 0.331 e. The fourth-order valence-electron chi connectivity index (χ4n) is 3.39. The van der Waals surface area contributed by atoms with Crippen LogP contribution in [0.15, 0.2) is 78.9 Å². The van der Waals surface area contributed by atoms with E-state index in [1.807, 2.05) is 60.7 Å². The molecular weight excluding hydrogens is 388 g/mol. The Hall–Kier alpha value is -3.31. The minimum absolute atomic E-state index is 0.0118. The van der Waals surface area contributed by atoms with E-state index in [4.69, 9.17) is 16.3 Å². The van der Waals surface area contributed by atoms with Gasteiger partial charge in [0.15, 0.2) is 5.75 Å². The number of nitrogens with one attached hydrogen (secondary N) is 1. The van der Waals surface area contributed by atoms with E-state index in [2.05, 4.69) is 5.32 Å². The van der Waals surface area contributed by atoms with Crippen LogP contribution in [0.25, 0.3) is 0 Å². The first-order valence-electron chi connectivity index (χ1n) is 9.24. The highest BCUT2D eigenvalue weighted by molar-refractivity contribution is 6.31. The van der Waals surface area contributed by atoms with Crippen LogP contribution in [0.5, 0.6) is 5.75 Å². The molecule has 0 aromatic heterocycles. The lowest BCUT2D eigenvalue weighted by Crippen LogP contribution is -2.44. The molecule has 1 amide bonds. The average Bonchev–Trinajstić information content (AvgIpc) is 2.74. The largest absolute Gasteiger partial charge is 0.423 e. The van der Waals surface area contributed by atoms with Crippen LogP contribution < -0.4 is 15.0 Å². The van der Waals surface area contributed by atoms with Gasteiger partial charge in [-0.05, 0) is 29.3 Å². The number of amides is 1. The van der Waals surface area contributed by atoms with Crippen LogP contribution in [0, 0.1) is 0 Å². The zero-order chi connectivity index (χ0) is 20.2. The first kappa shape index (κ1) is 19.0. The standard InChI is InChI=1S/C23H19ClN2O3/c24-18-11-12-20-19(13-18)26(15-22(28)29-20)14-21(27)25-23(16-7-3-1-4-8-16)17-9-5-2-6-10-17/h1-13,23H,14-15H2,(H,25,27). The number of hydrogen-bond acceptors (Lipinski definition) is 4. The molecule has 3 aromatic carbocycles. The lowest BCUT2D eigenvalue weighted by atomic mass is 9.98. The number of rotatable bonds is 5. The summed E-state index contributed by atoms with van der Waals surface area (Å²) in [5, 5.41) is 3.60. The molecule has 1 aliphatic rings. The quantitative estimate of drug-likeness (QED) is 0.514. The highest BCUT2D eigenvalue weighted by Crippen LogP contribution is 2.34. The van der Waals surface area contributed by atoms with E-state index in [-0.39, 0.29) is 25.0 Å². The molecule has 0 spiro atoms. The Labute approximate surface area is 173 Å². The summed E-state index contributed by atoms with van der Waals surface area (Å²) in [4.78, 5) is 26.5. The Bertz CT molecular complexity index is 985. The summed E-state index contributed by atoms with van der Waals surface area (Å²) >= 11 is 6.09. The van der Waals surface area contributed by atoms with Gasteiger partial charge in [-0.15, -0.1) is 0 Å². The number of ether oxygens (including phenoxy) is 1. The summed E-state index contributed by atoms with van der Waals surface area (Å²) in [6.45, 7) is 0.000707. The fourth-order valence-corrected chi connectivity index (χ4v) is 3.56. The molecule has 6 heteroatoms. The molecule has 0 fully saturated rings. The summed E-state index contributed by atoms with van der Waals surface area (Å²) in [5.74, 6) is -0.209. The maximum atomic E-state index is 12.9. The monoisotopic (exact) mass is 406 g/mol. The van der Waals surface area contributed by atoms with Gasteiger partial charge in [0.1, 0.15) is 6.54 Å². The molecule has 1 aliphatic heterocycles. The first-order valence-corrected chi connectivity index (χ1v) is 9.62. The summed E-state index contributed by atoms with van der Waals surface area (Å²) in [6.07, 6.45) is 0. The molecule has 1 N–H and O–H groups in total. The zero-order valence-electron chi connectivity index (χ0n) is 15.5. The number of esters is 1. The number of halogens is 1. The van der Waals surface area contributed by atoms with E-state index in [0.717, 1.165) is 11.1 Å². The topological polar surface area (TPSA) is 58.6 Å². The Morgan fingerprint density at radius 1 is 1.00 bits per heavy atom. The SMILES string of the molecule is O=C(CN1CC(=O)Oc2ccc(Cl)cc21)NC(c1ccccc1)c1ccccc1. The van der Waals surface area contributed by atoms with E-state index >= 15 is 0 Å². The van der Waals surface area contributed by atoms with Crippen LogP contribution in [-0.4, -0.2) is 25.0 Å². The van der Waals surface area contributed by atoms with Gasteiger partial charge in [0.05, 0.1) is 18.3 Å². The van der Waals surface area contributed by atoms with Crippen molar-refractivity contribution in [3.05, 3.63) is 95.0 Å². The van der Waals surface area contributed by atoms with Crippen molar-refractivity contribution in [2.24, 2.45) is 0 Å². The molecule has 1 heterocycles. The molecule has 5 nitrogen and oxygen atoms in total. The lowest BCUT2D eigenvalue weighted by Gasteiger charge is -2.30. The maximum absolute atomic E-state index is 12.9. The van der Waals surface area contributed by atoms with Crippen LogP contribution in [0.1, 0.15) is 17.2 Å². The highest BCUT2D eigenvalue weighted by atomic mass is 35.5. The van der Waals surface area contributed by atoms with Gasteiger partial charge in [0.25, 0.3) is 0 Å². The van der Waals surface area contributed by atoms with E-state index in [1.54, 1.807) is 23.1 Å². The minimum atomic E-state index is -0.407. The van der Waals surface area contributed by atoms with Crippen molar-refractivity contribution in [1.29, 1.82) is 0 Å². The number of benzene rings is 3. The second-order valence-electron chi connectivity index (χ2n) is 6.76. The molecule has 0 aliphatic carbocycles. The van der Waals surface area contributed by atoms with E-state index in [9.17, 15) is 9.59 Å². The predicted octanol–water partition coefficient (Wildman–Crippen LogP) is 3.97. The molecule has 0 unspecified atom stereocenters. The van der Waals surface area contributed by atoms with Gasteiger partial charge < -0.3 is 15.0 Å². The molecule has 0 saturated heterocycles. The predicted molar refractivity (Wildman–Crippen MR) is 112 cm³/mol. The van der Waals surface area contributed by atoms with Gasteiger partial charge in [-0.3, -0.25) is 4.79 Å². The van der Waals surface area contributed by atoms with E-state index in [0.29, 0.717) is 16.5 Å². The lowest BCUT2D eigenvalue weighted by molar-refractivity contribution is -0.133. The van der Waals surface area contributed by atoms with E-state index < -0.39 is 5.97 Å². The second kappa shape index (κ2) is 8.37. The van der Waals surface area contributed by atoms with Gasteiger partial charge in [0, 0.05) is 5.02 Å². The highest BCUT2D eigenvalue weighted by Gasteiger charge is 2.27. The normalized spacial score (nSPS) is 13.0. The fraction of sp³-hybridized carbons (Fsp3) is 0.130. The minimum Gasteiger partial charge on any atom is -0.423 e. The molecular formula is C23H19ClN2O3. The third kappa shape index (κ3) is 4.41. The molecule has 3 aromatic rings. The Morgan fingerprint density at radius 2 is 1.62 bits per heavy atom. The van der Waals surface area contributed by atoms with Gasteiger partial charge in [-0.25, -0.2) is 4.79 Å². The molecule has 29 heavy (non-hydrogen) atoms. The van der Waals surface area contributed by atoms with Crippen LogP contribution in [-0.2, 0) is 9.59 Å². The number of nitrogens with zero attached hydrogens (tertiary/aromatic N) is 1. The second-order valence-corrected chi connectivity index (χ2v) is 7.20. The van der Waals surface area contributed by atoms with Crippen molar-refractivity contribution in [3.8, 4) is 5.75 Å². The van der Waals surface area contributed by atoms with E-state index in [1.165, 1.54) is 0 Å². The average molecular weight is 407 g/mol. The summed E-state index contributed by atoms with van der Waals surface area (Å²) in [6, 6.07) is 24.2.